The number of imide groups is 1. The van der Waals surface area contributed by atoms with Gasteiger partial charge in [-0.1, -0.05) is 48.5 Å². The number of rotatable bonds is 7. The van der Waals surface area contributed by atoms with E-state index in [2.05, 4.69) is 5.32 Å². The number of hydrogen-bond acceptors (Lipinski definition) is 4. The average molecular weight is 458 g/mol. The molecule has 4 rings (SSSR count). The van der Waals surface area contributed by atoms with E-state index in [1.54, 1.807) is 24.3 Å². The summed E-state index contributed by atoms with van der Waals surface area (Å²) in [5.41, 5.74) is 2.77. The van der Waals surface area contributed by atoms with Crippen molar-refractivity contribution in [2.75, 3.05) is 16.8 Å². The van der Waals surface area contributed by atoms with Gasteiger partial charge in [-0.15, -0.1) is 0 Å². The quantitative estimate of drug-likeness (QED) is 0.527. The Kier molecular flexibility index (Phi) is 6.54. The molecular formula is C27H24FN3O3. The van der Waals surface area contributed by atoms with E-state index >= 15 is 0 Å². The molecule has 7 heteroatoms. The zero-order chi connectivity index (χ0) is 24.2. The highest BCUT2D eigenvalue weighted by Gasteiger charge is 2.42. The molecule has 0 aliphatic carbocycles. The molecule has 0 fully saturated rings. The molecule has 6 nitrogen and oxygen atoms in total. The van der Waals surface area contributed by atoms with E-state index in [4.69, 9.17) is 0 Å². The summed E-state index contributed by atoms with van der Waals surface area (Å²) in [6, 6.07) is 21.8. The number of nitrogens with one attached hydrogen (secondary N) is 1. The Bertz CT molecular complexity index is 1270. The van der Waals surface area contributed by atoms with Crippen LogP contribution in [0.15, 0.2) is 84.6 Å². The van der Waals surface area contributed by atoms with E-state index in [9.17, 15) is 18.8 Å². The fourth-order valence-corrected chi connectivity index (χ4v) is 4.00. The maximum Gasteiger partial charge on any atom is 0.282 e. The van der Waals surface area contributed by atoms with E-state index in [1.807, 2.05) is 42.2 Å². The first-order valence-electron chi connectivity index (χ1n) is 10.9. The monoisotopic (exact) mass is 457 g/mol. The van der Waals surface area contributed by atoms with Crippen molar-refractivity contribution in [2.45, 2.75) is 20.4 Å². The van der Waals surface area contributed by atoms with Crippen molar-refractivity contribution < 1.29 is 18.8 Å². The Morgan fingerprint density at radius 3 is 2.26 bits per heavy atom. The SMILES string of the molecule is CCN(Cc1ccccc1)C1=C(c2ccc(NC(C)=O)cc2)C(=O)N(c2cccc(F)c2)C1=O. The van der Waals surface area contributed by atoms with Gasteiger partial charge >= 0.3 is 0 Å². The van der Waals surface area contributed by atoms with Crippen molar-refractivity contribution in [3.8, 4) is 0 Å². The fourth-order valence-electron chi connectivity index (χ4n) is 4.00. The number of anilines is 2. The van der Waals surface area contributed by atoms with Gasteiger partial charge in [-0.25, -0.2) is 9.29 Å². The number of carbonyl (C=O) groups excluding carboxylic acids is 3. The Morgan fingerprint density at radius 1 is 0.941 bits per heavy atom. The second-order valence-electron chi connectivity index (χ2n) is 7.91. The van der Waals surface area contributed by atoms with Gasteiger partial charge in [-0.05, 0) is 48.4 Å². The van der Waals surface area contributed by atoms with Crippen molar-refractivity contribution in [3.63, 3.8) is 0 Å². The molecule has 3 aromatic rings. The third kappa shape index (κ3) is 4.59. The predicted octanol–water partition coefficient (Wildman–Crippen LogP) is 4.59. The summed E-state index contributed by atoms with van der Waals surface area (Å²) < 4.78 is 13.9. The van der Waals surface area contributed by atoms with Crippen LogP contribution in [0, 0.1) is 5.82 Å². The van der Waals surface area contributed by atoms with Gasteiger partial charge in [-0.2, -0.15) is 0 Å². The topological polar surface area (TPSA) is 69.7 Å². The van der Waals surface area contributed by atoms with Crippen LogP contribution >= 0.6 is 0 Å². The molecule has 34 heavy (non-hydrogen) atoms. The fraction of sp³-hybridized carbons (Fsp3) is 0.148. The maximum atomic E-state index is 13.9. The molecule has 0 saturated heterocycles. The Labute approximate surface area is 197 Å². The summed E-state index contributed by atoms with van der Waals surface area (Å²) in [7, 11) is 0. The zero-order valence-electron chi connectivity index (χ0n) is 18.9. The highest BCUT2D eigenvalue weighted by molar-refractivity contribution is 6.45. The van der Waals surface area contributed by atoms with Crippen LogP contribution in [-0.4, -0.2) is 29.2 Å². The largest absolute Gasteiger partial charge is 0.362 e. The van der Waals surface area contributed by atoms with E-state index in [-0.39, 0.29) is 22.9 Å². The van der Waals surface area contributed by atoms with Crippen LogP contribution in [0.5, 0.6) is 0 Å². The molecule has 3 aromatic carbocycles. The molecule has 1 heterocycles. The number of benzene rings is 3. The molecule has 0 unspecified atom stereocenters. The first-order chi connectivity index (χ1) is 16.4. The highest BCUT2D eigenvalue weighted by atomic mass is 19.1. The molecule has 0 atom stereocenters. The van der Waals surface area contributed by atoms with Gasteiger partial charge < -0.3 is 10.2 Å². The van der Waals surface area contributed by atoms with Gasteiger partial charge in [0.15, 0.2) is 0 Å². The molecule has 1 aliphatic rings. The summed E-state index contributed by atoms with van der Waals surface area (Å²) in [4.78, 5) is 41.5. The Morgan fingerprint density at radius 2 is 1.65 bits per heavy atom. The van der Waals surface area contributed by atoms with Gasteiger partial charge in [-0.3, -0.25) is 14.4 Å². The van der Waals surface area contributed by atoms with E-state index < -0.39 is 17.6 Å². The van der Waals surface area contributed by atoms with Gasteiger partial charge in [0.05, 0.1) is 11.3 Å². The lowest BCUT2D eigenvalue weighted by Gasteiger charge is -2.25. The van der Waals surface area contributed by atoms with Crippen LogP contribution < -0.4 is 10.2 Å². The van der Waals surface area contributed by atoms with Crippen LogP contribution in [0.2, 0.25) is 0 Å². The number of carbonyl (C=O) groups is 3. The highest BCUT2D eigenvalue weighted by Crippen LogP contribution is 2.36. The molecule has 0 aromatic heterocycles. The van der Waals surface area contributed by atoms with Crippen molar-refractivity contribution in [2.24, 2.45) is 0 Å². The van der Waals surface area contributed by atoms with Crippen LogP contribution in [0.4, 0.5) is 15.8 Å². The van der Waals surface area contributed by atoms with Crippen molar-refractivity contribution in [1.29, 1.82) is 0 Å². The minimum absolute atomic E-state index is 0.174. The number of hydrogen-bond donors (Lipinski definition) is 1. The van der Waals surface area contributed by atoms with Crippen LogP contribution in [-0.2, 0) is 20.9 Å². The second-order valence-corrected chi connectivity index (χ2v) is 7.91. The lowest BCUT2D eigenvalue weighted by molar-refractivity contribution is -0.121. The molecular weight excluding hydrogens is 433 g/mol. The van der Waals surface area contributed by atoms with E-state index in [0.29, 0.717) is 24.3 Å². The molecule has 0 spiro atoms. The normalized spacial score (nSPS) is 13.4. The first kappa shape index (κ1) is 22.9. The van der Waals surface area contributed by atoms with Crippen LogP contribution in [0.25, 0.3) is 5.57 Å². The molecule has 0 saturated carbocycles. The van der Waals surface area contributed by atoms with Crippen LogP contribution in [0.1, 0.15) is 25.0 Å². The van der Waals surface area contributed by atoms with Crippen molar-refractivity contribution in [3.05, 3.63) is 102 Å². The minimum atomic E-state index is -0.538. The van der Waals surface area contributed by atoms with Gasteiger partial charge in [0, 0.05) is 25.7 Å². The summed E-state index contributed by atoms with van der Waals surface area (Å²) in [5, 5.41) is 2.69. The third-order valence-electron chi connectivity index (χ3n) is 5.53. The average Bonchev–Trinajstić information content (AvgIpc) is 3.08. The van der Waals surface area contributed by atoms with Crippen LogP contribution in [0.3, 0.4) is 0 Å². The minimum Gasteiger partial charge on any atom is -0.362 e. The Balaban J connectivity index is 1.81. The van der Waals surface area contributed by atoms with Crippen molar-refractivity contribution >= 4 is 34.7 Å². The standard InChI is InChI=1S/C27H24FN3O3/c1-3-30(17-19-8-5-4-6-9-19)25-24(20-12-14-22(15-13-20)29-18(2)32)26(33)31(27(25)34)23-11-7-10-21(28)16-23/h4-16H,3,17H2,1-2H3,(H,29,32). The molecule has 1 N–H and O–H groups in total. The molecule has 1 aliphatic heterocycles. The second kappa shape index (κ2) is 9.70. The van der Waals surface area contributed by atoms with Gasteiger partial charge in [0.1, 0.15) is 11.5 Å². The lowest BCUT2D eigenvalue weighted by atomic mass is 10.0. The van der Waals surface area contributed by atoms with E-state index in [0.717, 1.165) is 10.5 Å². The third-order valence-corrected chi connectivity index (χ3v) is 5.53. The number of halogens is 1. The smallest absolute Gasteiger partial charge is 0.282 e. The molecule has 0 radical (unpaired) electrons. The summed E-state index contributed by atoms with van der Waals surface area (Å²) in [6.45, 7) is 4.23. The van der Waals surface area contributed by atoms with Crippen molar-refractivity contribution in [1.82, 2.24) is 4.90 Å². The number of amides is 3. The lowest BCUT2D eigenvalue weighted by Crippen LogP contribution is -2.35. The predicted molar refractivity (Wildman–Crippen MR) is 129 cm³/mol. The summed E-state index contributed by atoms with van der Waals surface area (Å²) in [5.74, 6) is -1.78. The van der Waals surface area contributed by atoms with Gasteiger partial charge in [0.2, 0.25) is 5.91 Å². The zero-order valence-corrected chi connectivity index (χ0v) is 18.9. The molecule has 172 valence electrons. The maximum absolute atomic E-state index is 13.9. The molecule has 3 amide bonds. The van der Waals surface area contributed by atoms with Gasteiger partial charge in [0.25, 0.3) is 11.8 Å². The molecule has 0 bridgehead atoms. The summed E-state index contributed by atoms with van der Waals surface area (Å²) in [6.07, 6.45) is 0. The van der Waals surface area contributed by atoms with E-state index in [1.165, 1.54) is 31.2 Å². The summed E-state index contributed by atoms with van der Waals surface area (Å²) >= 11 is 0. The first-order valence-corrected chi connectivity index (χ1v) is 10.9. The number of nitrogens with zero attached hydrogens (tertiary/aromatic N) is 2. The number of likely N-dealkylation sites (N-methyl/N-ethyl adjacent to an activating group) is 1. The Hall–Kier alpha value is -4.26.